The summed E-state index contributed by atoms with van der Waals surface area (Å²) in [6.45, 7) is 2.72. The van der Waals surface area contributed by atoms with Crippen molar-refractivity contribution in [1.29, 1.82) is 0 Å². The number of alkyl halides is 2. The third-order valence-corrected chi connectivity index (χ3v) is 10.5. The highest BCUT2D eigenvalue weighted by atomic mass is 31.2. The molecule has 0 saturated carbocycles. The van der Waals surface area contributed by atoms with Gasteiger partial charge in [-0.25, -0.2) is 4.79 Å². The predicted octanol–water partition coefficient (Wildman–Crippen LogP) is 2.70. The molecule has 17 heteroatoms. The molecule has 14 nitrogen and oxygen atoms in total. The number of hydrogen-bond donors (Lipinski definition) is 4. The van der Waals surface area contributed by atoms with E-state index in [2.05, 4.69) is 10.3 Å². The van der Waals surface area contributed by atoms with E-state index < -0.39 is 49.6 Å². The van der Waals surface area contributed by atoms with Gasteiger partial charge >= 0.3 is 11.8 Å². The van der Waals surface area contributed by atoms with Crippen LogP contribution in [0.5, 0.6) is 0 Å². The lowest BCUT2D eigenvalue weighted by Gasteiger charge is -2.40. The van der Waals surface area contributed by atoms with E-state index in [1.165, 1.54) is 28.9 Å². The van der Waals surface area contributed by atoms with Gasteiger partial charge < -0.3 is 44.4 Å². The number of piperazine rings is 1. The zero-order valence-corrected chi connectivity index (χ0v) is 28.7. The third kappa shape index (κ3) is 7.67. The molecule has 5 amide bonds. The monoisotopic (exact) mass is 728 g/mol. The van der Waals surface area contributed by atoms with E-state index in [-0.39, 0.29) is 68.3 Å². The van der Waals surface area contributed by atoms with Gasteiger partial charge in [0.15, 0.2) is 0 Å². The van der Waals surface area contributed by atoms with E-state index >= 15 is 0 Å². The summed E-state index contributed by atoms with van der Waals surface area (Å²) in [5.74, 6) is -1.79. The maximum Gasteiger partial charge on any atom is 0.410 e. The molecule has 4 heterocycles. The van der Waals surface area contributed by atoms with Gasteiger partial charge in [-0.3, -0.25) is 19.2 Å². The number of aromatic nitrogens is 1. The lowest BCUT2D eigenvalue weighted by atomic mass is 10.1. The average Bonchev–Trinajstić information content (AvgIpc) is 3.75. The van der Waals surface area contributed by atoms with E-state index in [9.17, 15) is 42.5 Å². The molecule has 3 atom stereocenters. The smallest absolute Gasteiger partial charge is 0.410 e. The lowest BCUT2D eigenvalue weighted by Crippen LogP contribution is -2.62. The number of halogens is 2. The van der Waals surface area contributed by atoms with Crippen molar-refractivity contribution in [3.63, 3.8) is 0 Å². The second-order valence-corrected chi connectivity index (χ2v) is 14.1. The summed E-state index contributed by atoms with van der Waals surface area (Å²) in [4.78, 5) is 94.2. The van der Waals surface area contributed by atoms with Crippen molar-refractivity contribution in [2.45, 2.75) is 56.6 Å². The quantitative estimate of drug-likeness (QED) is 0.269. The number of amides is 5. The molecule has 4 N–H and O–H groups in total. The van der Waals surface area contributed by atoms with Crippen molar-refractivity contribution >= 4 is 49.0 Å². The van der Waals surface area contributed by atoms with Crippen molar-refractivity contribution in [3.8, 4) is 0 Å². The van der Waals surface area contributed by atoms with Crippen LogP contribution < -0.4 is 5.32 Å². The minimum atomic E-state index is -3.88. The van der Waals surface area contributed by atoms with Gasteiger partial charge in [-0.15, -0.1) is 0 Å². The van der Waals surface area contributed by atoms with Gasteiger partial charge in [0.25, 0.3) is 5.91 Å². The fourth-order valence-corrected chi connectivity index (χ4v) is 7.30. The van der Waals surface area contributed by atoms with Crippen molar-refractivity contribution in [2.75, 3.05) is 39.3 Å². The second-order valence-electron chi connectivity index (χ2n) is 12.9. The van der Waals surface area contributed by atoms with Crippen LogP contribution in [0.3, 0.4) is 0 Å². The molecule has 3 fully saturated rings. The third-order valence-electron chi connectivity index (χ3n) is 9.74. The second kappa shape index (κ2) is 14.9. The van der Waals surface area contributed by atoms with Crippen LogP contribution in [0.1, 0.15) is 47.8 Å². The van der Waals surface area contributed by atoms with Crippen LogP contribution in [-0.4, -0.2) is 121 Å². The van der Waals surface area contributed by atoms with Gasteiger partial charge in [0.2, 0.25) is 26.1 Å². The molecule has 1 aromatic heterocycles. The lowest BCUT2D eigenvalue weighted by molar-refractivity contribution is -0.149. The van der Waals surface area contributed by atoms with Crippen LogP contribution in [0.4, 0.5) is 13.6 Å². The van der Waals surface area contributed by atoms with Crippen molar-refractivity contribution in [3.05, 3.63) is 71.4 Å². The number of carbonyl (C=O) groups is 5. The predicted molar refractivity (Wildman–Crippen MR) is 180 cm³/mol. The van der Waals surface area contributed by atoms with Gasteiger partial charge in [-0.2, -0.15) is 8.78 Å². The Bertz CT molecular complexity index is 1800. The average molecular weight is 729 g/mol. The zero-order valence-electron chi connectivity index (χ0n) is 27.8. The van der Waals surface area contributed by atoms with Crippen molar-refractivity contribution in [1.82, 2.24) is 29.9 Å². The fourth-order valence-electron chi connectivity index (χ4n) is 6.93. The van der Waals surface area contributed by atoms with Crippen molar-refractivity contribution in [2.24, 2.45) is 0 Å². The summed E-state index contributed by atoms with van der Waals surface area (Å²) in [6.07, 6.45) is 0.903. The molecule has 3 aromatic rings. The normalized spacial score (nSPS) is 21.4. The maximum absolute atomic E-state index is 14.3. The van der Waals surface area contributed by atoms with Crippen LogP contribution in [0, 0.1) is 0 Å². The van der Waals surface area contributed by atoms with Crippen LogP contribution in [0.15, 0.2) is 54.6 Å². The number of carbonyl (C=O) groups excluding carboxylic acids is 5. The summed E-state index contributed by atoms with van der Waals surface area (Å²) in [5.41, 5.74) is -3.38. The molecule has 0 bridgehead atoms. The highest BCUT2D eigenvalue weighted by Gasteiger charge is 2.47. The van der Waals surface area contributed by atoms with Gasteiger partial charge in [-0.1, -0.05) is 36.4 Å². The Kier molecular flexibility index (Phi) is 10.6. The Morgan fingerprint density at radius 3 is 2.33 bits per heavy atom. The number of H-pyrrole nitrogens is 1. The number of nitrogens with zero attached hydrogens (tertiary/aromatic N) is 4. The highest BCUT2D eigenvalue weighted by molar-refractivity contribution is 7.46. The molecular formula is C34H39F2N6O8P. The molecule has 2 aromatic carbocycles. The Morgan fingerprint density at radius 2 is 1.65 bits per heavy atom. The number of rotatable bonds is 7. The van der Waals surface area contributed by atoms with E-state index in [0.29, 0.717) is 31.3 Å². The highest BCUT2D eigenvalue weighted by Crippen LogP contribution is 2.52. The van der Waals surface area contributed by atoms with Gasteiger partial charge in [0, 0.05) is 68.7 Å². The SMILES string of the molecule is CC(=O)N1CC[C@H]2CC[C@@H](C(=O)N3CCN(C(=O)OCc4ccccc4)CC3)N2C(=O)[C@@H](NC(=O)c2cc3cc(C(F)(F)P(O)O)ccc3[nH]2)C1. The summed E-state index contributed by atoms with van der Waals surface area (Å²) < 4.78 is 34.0. The first-order chi connectivity index (χ1) is 24.3. The molecule has 0 radical (unpaired) electrons. The van der Waals surface area contributed by atoms with E-state index in [1.54, 1.807) is 9.80 Å². The standard InChI is InChI=1S/C34H39F2N6O8P/c1-21(43)41-12-11-25-8-10-29(32(46)39-13-15-40(16-14-39)33(47)50-20-22-5-3-2-4-6-22)42(25)31(45)28(19-41)38-30(44)27-18-23-17-24(7-9-26(23)37-27)34(35,36)51(48)49/h2-7,9,17-18,25,28-29,37,48-49H,8,10-16,19-20H2,1H3,(H,38,44)/t25-,28+,29+/m1/s1. The Morgan fingerprint density at radius 1 is 0.941 bits per heavy atom. The number of aromatic amines is 1. The first-order valence-electron chi connectivity index (χ1n) is 16.7. The summed E-state index contributed by atoms with van der Waals surface area (Å²) in [6, 6.07) is 11.6. The van der Waals surface area contributed by atoms with Crippen LogP contribution in [0.2, 0.25) is 0 Å². The first-order valence-corrected chi connectivity index (χ1v) is 17.9. The minimum Gasteiger partial charge on any atom is -0.445 e. The Balaban J connectivity index is 1.14. The minimum absolute atomic E-state index is 0.0456. The number of fused-ring (bicyclic) bond motifs is 2. The summed E-state index contributed by atoms with van der Waals surface area (Å²) in [7, 11) is -3.59. The largest absolute Gasteiger partial charge is 0.445 e. The molecule has 6 rings (SSSR count). The molecule has 0 aliphatic carbocycles. The van der Waals surface area contributed by atoms with E-state index in [0.717, 1.165) is 17.7 Å². The maximum atomic E-state index is 14.3. The molecule has 3 aliphatic heterocycles. The molecule has 3 aliphatic rings. The van der Waals surface area contributed by atoms with E-state index in [4.69, 9.17) is 4.74 Å². The Labute approximate surface area is 293 Å². The number of benzene rings is 2. The number of nitrogens with one attached hydrogen (secondary N) is 2. The molecule has 3 saturated heterocycles. The van der Waals surface area contributed by atoms with Crippen LogP contribution in [-0.2, 0) is 31.4 Å². The topological polar surface area (TPSA) is 176 Å². The fraction of sp³-hybridized carbons (Fsp3) is 0.441. The number of hydrogen-bond acceptors (Lipinski definition) is 8. The summed E-state index contributed by atoms with van der Waals surface area (Å²) in [5, 5.41) is 2.90. The molecule has 0 spiro atoms. The van der Waals surface area contributed by atoms with Gasteiger partial charge in [0.1, 0.15) is 24.4 Å². The first kappa shape index (κ1) is 36.1. The zero-order chi connectivity index (χ0) is 36.4. The van der Waals surface area contributed by atoms with Crippen molar-refractivity contribution < 1.29 is 47.3 Å². The molecule has 51 heavy (non-hydrogen) atoms. The van der Waals surface area contributed by atoms with Crippen LogP contribution >= 0.6 is 8.38 Å². The molecule has 272 valence electrons. The van der Waals surface area contributed by atoms with E-state index in [1.807, 2.05) is 30.3 Å². The number of ether oxygens (including phenoxy) is 1. The van der Waals surface area contributed by atoms with Gasteiger partial charge in [-0.05, 0) is 43.0 Å². The van der Waals surface area contributed by atoms with Crippen LogP contribution in [0.25, 0.3) is 10.9 Å². The molecule has 0 unspecified atom stereocenters. The Hall–Kier alpha value is -4.66. The summed E-state index contributed by atoms with van der Waals surface area (Å²) >= 11 is 0. The van der Waals surface area contributed by atoms with Gasteiger partial charge in [0.05, 0.1) is 0 Å². The molecular weight excluding hydrogens is 689 g/mol.